The van der Waals surface area contributed by atoms with Crippen LogP contribution in [0, 0.1) is 5.82 Å². The topological polar surface area (TPSA) is 97.4 Å². The lowest BCUT2D eigenvalue weighted by Crippen LogP contribution is -2.49. The second-order valence-corrected chi connectivity index (χ2v) is 8.28. The van der Waals surface area contributed by atoms with Gasteiger partial charge in [-0.25, -0.2) is 9.37 Å². The summed E-state index contributed by atoms with van der Waals surface area (Å²) in [5.74, 6) is -2.18. The van der Waals surface area contributed by atoms with Gasteiger partial charge in [0.25, 0.3) is 5.91 Å². The van der Waals surface area contributed by atoms with E-state index in [4.69, 9.17) is 5.73 Å². The molecule has 12 heteroatoms. The van der Waals surface area contributed by atoms with Gasteiger partial charge < -0.3 is 15.5 Å². The van der Waals surface area contributed by atoms with E-state index in [0.29, 0.717) is 16.1 Å². The lowest BCUT2D eigenvalue weighted by Gasteiger charge is -2.38. The summed E-state index contributed by atoms with van der Waals surface area (Å²) in [4.78, 5) is 30.9. The Morgan fingerprint density at radius 3 is 2.62 bits per heavy atom. The lowest BCUT2D eigenvalue weighted by molar-refractivity contribution is -0.182. The van der Waals surface area contributed by atoms with Crippen LogP contribution in [0.1, 0.15) is 28.9 Å². The Hall–Kier alpha value is -3.70. The lowest BCUT2D eigenvalue weighted by atomic mass is 9.93. The standard InChI is InChI=1S/C22H22F4N6O2/c1-12(22(24,25)26)30(2)19(33)11-32-17-6-4-3-5-14(17)20(29-32)13-9-31(10-13)21(34)15-7-18(27)28-8-16(15)23/h3-8,12-13H,9-11H2,1-2H3,(H2,27,28)/t12-/m1/s1. The summed E-state index contributed by atoms with van der Waals surface area (Å²) >= 11 is 0. The number of aromatic nitrogens is 3. The molecule has 1 aliphatic heterocycles. The van der Waals surface area contributed by atoms with Crippen LogP contribution in [0.4, 0.5) is 23.4 Å². The highest BCUT2D eigenvalue weighted by atomic mass is 19.4. The summed E-state index contributed by atoms with van der Waals surface area (Å²) < 4.78 is 54.4. The van der Waals surface area contributed by atoms with Crippen LogP contribution in [0.3, 0.4) is 0 Å². The highest BCUT2D eigenvalue weighted by Gasteiger charge is 2.41. The molecule has 180 valence electrons. The zero-order chi connectivity index (χ0) is 24.8. The fourth-order valence-corrected chi connectivity index (χ4v) is 3.86. The number of anilines is 1. The number of hydrogen-bond acceptors (Lipinski definition) is 5. The molecule has 0 spiro atoms. The molecule has 1 aromatic carbocycles. The molecule has 0 saturated carbocycles. The van der Waals surface area contributed by atoms with Gasteiger partial charge in [0.2, 0.25) is 5.91 Å². The molecule has 4 rings (SSSR count). The number of carbonyl (C=O) groups is 2. The zero-order valence-electron chi connectivity index (χ0n) is 18.4. The van der Waals surface area contributed by atoms with Crippen molar-refractivity contribution in [3.05, 3.63) is 53.6 Å². The van der Waals surface area contributed by atoms with E-state index in [-0.39, 0.29) is 36.9 Å². The Morgan fingerprint density at radius 1 is 1.26 bits per heavy atom. The number of benzene rings is 1. The molecule has 2 amide bonds. The summed E-state index contributed by atoms with van der Waals surface area (Å²) in [6.07, 6.45) is -3.65. The second-order valence-electron chi connectivity index (χ2n) is 8.28. The minimum atomic E-state index is -4.54. The van der Waals surface area contributed by atoms with E-state index in [1.165, 1.54) is 15.6 Å². The first-order chi connectivity index (χ1) is 16.0. The number of para-hydroxylation sites is 1. The molecule has 1 atom stereocenters. The number of rotatable bonds is 5. The summed E-state index contributed by atoms with van der Waals surface area (Å²) in [6.45, 7) is 1.08. The highest BCUT2D eigenvalue weighted by Crippen LogP contribution is 2.33. The Labute approximate surface area is 191 Å². The number of likely N-dealkylation sites (tertiary alicyclic amines) is 1. The number of likely N-dealkylation sites (N-methyl/N-ethyl adjacent to an activating group) is 1. The number of carbonyl (C=O) groups excluding carboxylic acids is 2. The van der Waals surface area contributed by atoms with Gasteiger partial charge >= 0.3 is 6.18 Å². The van der Waals surface area contributed by atoms with Crippen molar-refractivity contribution in [2.75, 3.05) is 25.9 Å². The molecular formula is C22H22F4N6O2. The van der Waals surface area contributed by atoms with Gasteiger partial charge in [0.15, 0.2) is 5.82 Å². The van der Waals surface area contributed by atoms with Gasteiger partial charge in [0.05, 0.1) is 23.0 Å². The molecule has 2 aromatic heterocycles. The van der Waals surface area contributed by atoms with Gasteiger partial charge in [0.1, 0.15) is 18.4 Å². The fraction of sp³-hybridized carbons (Fsp3) is 0.364. The molecule has 3 heterocycles. The number of nitrogens with zero attached hydrogens (tertiary/aromatic N) is 5. The SMILES string of the molecule is C[C@@H](N(C)C(=O)Cn1nc(C2CN(C(=O)c3cc(N)ncc3F)C2)c2ccccc21)C(F)(F)F. The number of nitrogen functional groups attached to an aromatic ring is 1. The largest absolute Gasteiger partial charge is 0.408 e. The molecule has 1 aliphatic rings. The van der Waals surface area contributed by atoms with Crippen molar-refractivity contribution in [1.29, 1.82) is 0 Å². The van der Waals surface area contributed by atoms with Crippen LogP contribution in [0.15, 0.2) is 36.5 Å². The van der Waals surface area contributed by atoms with E-state index < -0.39 is 29.8 Å². The number of fused-ring (bicyclic) bond motifs is 1. The molecule has 1 saturated heterocycles. The molecule has 3 aromatic rings. The van der Waals surface area contributed by atoms with E-state index in [2.05, 4.69) is 10.1 Å². The van der Waals surface area contributed by atoms with Gasteiger partial charge in [-0.2, -0.15) is 18.3 Å². The minimum absolute atomic E-state index is 0.0287. The van der Waals surface area contributed by atoms with E-state index in [9.17, 15) is 27.2 Å². The third kappa shape index (κ3) is 4.27. The van der Waals surface area contributed by atoms with Gasteiger partial charge in [-0.15, -0.1) is 0 Å². The van der Waals surface area contributed by atoms with Crippen molar-refractivity contribution < 1.29 is 27.2 Å². The normalized spacial score (nSPS) is 15.3. The van der Waals surface area contributed by atoms with Crippen LogP contribution in [-0.2, 0) is 11.3 Å². The Balaban J connectivity index is 1.53. The van der Waals surface area contributed by atoms with Crippen LogP contribution < -0.4 is 5.73 Å². The molecule has 8 nitrogen and oxygen atoms in total. The maximum atomic E-state index is 14.0. The number of amides is 2. The van der Waals surface area contributed by atoms with Crippen molar-refractivity contribution >= 4 is 28.5 Å². The van der Waals surface area contributed by atoms with Crippen LogP contribution in [0.2, 0.25) is 0 Å². The Bertz CT molecular complexity index is 1250. The van der Waals surface area contributed by atoms with Gasteiger partial charge in [0, 0.05) is 31.4 Å². The minimum Gasteiger partial charge on any atom is -0.384 e. The summed E-state index contributed by atoms with van der Waals surface area (Å²) in [5, 5.41) is 5.23. The molecule has 0 bridgehead atoms. The Morgan fingerprint density at radius 2 is 1.94 bits per heavy atom. The maximum Gasteiger partial charge on any atom is 0.408 e. The summed E-state index contributed by atoms with van der Waals surface area (Å²) in [7, 11) is 1.10. The third-order valence-corrected chi connectivity index (χ3v) is 6.08. The van der Waals surface area contributed by atoms with E-state index in [1.54, 1.807) is 24.3 Å². The zero-order valence-corrected chi connectivity index (χ0v) is 18.4. The van der Waals surface area contributed by atoms with Gasteiger partial charge in [-0.05, 0) is 19.1 Å². The predicted octanol–water partition coefficient (Wildman–Crippen LogP) is 2.80. The van der Waals surface area contributed by atoms with Gasteiger partial charge in [-0.3, -0.25) is 14.3 Å². The van der Waals surface area contributed by atoms with Crippen LogP contribution >= 0.6 is 0 Å². The fourth-order valence-electron chi connectivity index (χ4n) is 3.86. The first kappa shape index (κ1) is 23.5. The smallest absolute Gasteiger partial charge is 0.384 e. The molecule has 0 radical (unpaired) electrons. The first-order valence-electron chi connectivity index (χ1n) is 10.5. The quantitative estimate of drug-likeness (QED) is 0.569. The molecule has 2 N–H and O–H groups in total. The summed E-state index contributed by atoms with van der Waals surface area (Å²) in [6, 6.07) is 6.30. The van der Waals surface area contributed by atoms with Crippen LogP contribution in [0.25, 0.3) is 10.9 Å². The molecular weight excluding hydrogens is 456 g/mol. The molecule has 1 fully saturated rings. The average molecular weight is 478 g/mol. The number of halogens is 4. The van der Waals surface area contributed by atoms with E-state index in [1.807, 2.05) is 0 Å². The number of pyridine rings is 1. The van der Waals surface area contributed by atoms with Crippen LogP contribution in [0.5, 0.6) is 0 Å². The van der Waals surface area contributed by atoms with E-state index in [0.717, 1.165) is 25.6 Å². The van der Waals surface area contributed by atoms with Gasteiger partial charge in [-0.1, -0.05) is 18.2 Å². The average Bonchev–Trinajstić information content (AvgIpc) is 3.10. The van der Waals surface area contributed by atoms with Crippen molar-refractivity contribution in [3.8, 4) is 0 Å². The third-order valence-electron chi connectivity index (χ3n) is 6.08. The monoisotopic (exact) mass is 478 g/mol. The molecule has 34 heavy (non-hydrogen) atoms. The van der Waals surface area contributed by atoms with Crippen molar-refractivity contribution in [2.45, 2.75) is 31.6 Å². The van der Waals surface area contributed by atoms with Crippen LogP contribution in [-0.4, -0.2) is 68.7 Å². The number of hydrogen-bond donors (Lipinski definition) is 1. The van der Waals surface area contributed by atoms with Crippen molar-refractivity contribution in [2.24, 2.45) is 0 Å². The van der Waals surface area contributed by atoms with Crippen molar-refractivity contribution in [3.63, 3.8) is 0 Å². The molecule has 0 aliphatic carbocycles. The Kier molecular flexibility index (Phi) is 5.92. The first-order valence-corrected chi connectivity index (χ1v) is 10.5. The summed E-state index contributed by atoms with van der Waals surface area (Å²) in [5.41, 5.74) is 6.60. The maximum absolute atomic E-state index is 14.0. The second kappa shape index (κ2) is 8.58. The van der Waals surface area contributed by atoms with E-state index >= 15 is 0 Å². The predicted molar refractivity (Wildman–Crippen MR) is 115 cm³/mol. The number of alkyl halides is 3. The number of nitrogens with two attached hydrogens (primary N) is 1. The highest BCUT2D eigenvalue weighted by molar-refractivity contribution is 5.96. The van der Waals surface area contributed by atoms with Crippen molar-refractivity contribution in [1.82, 2.24) is 24.6 Å². The molecule has 0 unspecified atom stereocenters.